The number of amides is 2. The molecule has 0 spiro atoms. The Morgan fingerprint density at radius 3 is 2.29 bits per heavy atom. The van der Waals surface area contributed by atoms with Crippen molar-refractivity contribution in [1.82, 2.24) is 10.6 Å². The Kier molecular flexibility index (Phi) is 6.68. The molecule has 0 aliphatic rings. The molecule has 2 atom stereocenters. The lowest BCUT2D eigenvalue weighted by Crippen LogP contribution is -2.48. The summed E-state index contributed by atoms with van der Waals surface area (Å²) in [6.07, 6.45) is 0. The van der Waals surface area contributed by atoms with Crippen LogP contribution < -0.4 is 10.6 Å². The smallest absolute Gasteiger partial charge is 0.330 e. The lowest BCUT2D eigenvalue weighted by molar-refractivity contribution is -0.139. The molecule has 6 heteroatoms. The number of urea groups is 1. The minimum Gasteiger partial charge on any atom is -0.479 e. The number of methoxy groups -OCH3 is 1. The van der Waals surface area contributed by atoms with Crippen LogP contribution in [0.15, 0.2) is 30.3 Å². The highest BCUT2D eigenvalue weighted by Crippen LogP contribution is 2.12. The molecule has 0 saturated carbocycles. The first-order chi connectivity index (χ1) is 9.95. The van der Waals surface area contributed by atoms with E-state index in [4.69, 9.17) is 4.74 Å². The molecule has 1 aromatic rings. The first kappa shape index (κ1) is 17.0. The molecule has 21 heavy (non-hydrogen) atoms. The van der Waals surface area contributed by atoms with Gasteiger partial charge in [-0.15, -0.1) is 0 Å². The lowest BCUT2D eigenvalue weighted by Gasteiger charge is -2.23. The average Bonchev–Trinajstić information content (AvgIpc) is 2.44. The maximum absolute atomic E-state index is 12.0. The Hall–Kier alpha value is -2.08. The third-order valence-corrected chi connectivity index (χ3v) is 3.12. The molecule has 0 heterocycles. The SMILES string of the molecule is COCC(NC(=O)N[C@@H](C(=O)O)c1ccccc1)C(C)C. The van der Waals surface area contributed by atoms with Crippen LogP contribution in [0.5, 0.6) is 0 Å². The van der Waals surface area contributed by atoms with E-state index in [1.807, 2.05) is 13.8 Å². The molecule has 0 saturated heterocycles. The number of carboxylic acids is 1. The predicted octanol–water partition coefficient (Wildman–Crippen LogP) is 1.78. The van der Waals surface area contributed by atoms with E-state index in [1.165, 1.54) is 0 Å². The first-order valence-corrected chi connectivity index (χ1v) is 6.79. The van der Waals surface area contributed by atoms with Crippen molar-refractivity contribution in [2.75, 3.05) is 13.7 Å². The monoisotopic (exact) mass is 294 g/mol. The van der Waals surface area contributed by atoms with Gasteiger partial charge in [0.05, 0.1) is 12.6 Å². The standard InChI is InChI=1S/C15H22N2O4/c1-10(2)12(9-21-3)16-15(20)17-13(14(18)19)11-7-5-4-6-8-11/h4-8,10,12-13H,9H2,1-3H3,(H,18,19)(H2,16,17,20)/t12?,13-/m1/s1. The molecule has 0 radical (unpaired) electrons. The van der Waals surface area contributed by atoms with Gasteiger partial charge in [-0.1, -0.05) is 44.2 Å². The summed E-state index contributed by atoms with van der Waals surface area (Å²) in [6, 6.07) is 6.78. The number of carbonyl (C=O) groups is 2. The number of hydrogen-bond donors (Lipinski definition) is 3. The topological polar surface area (TPSA) is 87.7 Å². The van der Waals surface area contributed by atoms with E-state index in [0.29, 0.717) is 12.2 Å². The second-order valence-electron chi connectivity index (χ2n) is 5.11. The number of ether oxygens (including phenoxy) is 1. The van der Waals surface area contributed by atoms with Crippen LogP contribution in [-0.4, -0.2) is 36.9 Å². The summed E-state index contributed by atoms with van der Waals surface area (Å²) >= 11 is 0. The summed E-state index contributed by atoms with van der Waals surface area (Å²) in [6.45, 7) is 4.28. The number of benzene rings is 1. The van der Waals surface area contributed by atoms with Gasteiger partial charge in [0.2, 0.25) is 0 Å². The molecule has 6 nitrogen and oxygen atoms in total. The van der Waals surface area contributed by atoms with Gasteiger partial charge in [0.1, 0.15) is 0 Å². The normalized spacial score (nSPS) is 13.5. The summed E-state index contributed by atoms with van der Waals surface area (Å²) in [7, 11) is 1.55. The molecule has 2 amide bonds. The van der Waals surface area contributed by atoms with Crippen molar-refractivity contribution in [3.05, 3.63) is 35.9 Å². The zero-order chi connectivity index (χ0) is 15.8. The summed E-state index contributed by atoms with van der Waals surface area (Å²) in [5.41, 5.74) is 0.521. The van der Waals surface area contributed by atoms with Crippen LogP contribution in [0, 0.1) is 5.92 Å². The zero-order valence-corrected chi connectivity index (χ0v) is 12.5. The molecule has 3 N–H and O–H groups in total. The molecule has 0 aliphatic carbocycles. The third kappa shape index (κ3) is 5.43. The van der Waals surface area contributed by atoms with Crippen LogP contribution in [0.25, 0.3) is 0 Å². The summed E-state index contributed by atoms with van der Waals surface area (Å²) in [5, 5.41) is 14.5. The van der Waals surface area contributed by atoms with E-state index >= 15 is 0 Å². The van der Waals surface area contributed by atoms with Gasteiger partial charge in [-0.3, -0.25) is 0 Å². The van der Waals surface area contributed by atoms with Crippen molar-refractivity contribution in [3.63, 3.8) is 0 Å². The Bertz CT molecular complexity index is 462. The van der Waals surface area contributed by atoms with E-state index in [-0.39, 0.29) is 12.0 Å². The highest BCUT2D eigenvalue weighted by Gasteiger charge is 2.23. The van der Waals surface area contributed by atoms with Crippen LogP contribution in [0.1, 0.15) is 25.5 Å². The number of carboxylic acid groups (broad SMARTS) is 1. The first-order valence-electron chi connectivity index (χ1n) is 6.79. The fourth-order valence-electron chi connectivity index (χ4n) is 1.85. The van der Waals surface area contributed by atoms with Gasteiger partial charge in [-0.25, -0.2) is 9.59 Å². The van der Waals surface area contributed by atoms with Gasteiger partial charge >= 0.3 is 12.0 Å². The minimum atomic E-state index is -1.11. The molecule has 1 aromatic carbocycles. The Morgan fingerprint density at radius 2 is 1.81 bits per heavy atom. The molecule has 0 aliphatic heterocycles. The summed E-state index contributed by atoms with van der Waals surface area (Å²) in [5.74, 6) is -0.931. The van der Waals surface area contributed by atoms with Crippen LogP contribution in [0.3, 0.4) is 0 Å². The number of hydrogen-bond acceptors (Lipinski definition) is 3. The average molecular weight is 294 g/mol. The number of carbonyl (C=O) groups excluding carboxylic acids is 1. The third-order valence-electron chi connectivity index (χ3n) is 3.12. The van der Waals surface area contributed by atoms with Crippen molar-refractivity contribution >= 4 is 12.0 Å². The predicted molar refractivity (Wildman–Crippen MR) is 79.0 cm³/mol. The Labute approximate surface area is 124 Å². The second kappa shape index (κ2) is 8.26. The van der Waals surface area contributed by atoms with E-state index in [0.717, 1.165) is 0 Å². The van der Waals surface area contributed by atoms with Crippen LogP contribution in [-0.2, 0) is 9.53 Å². The fourth-order valence-corrected chi connectivity index (χ4v) is 1.85. The minimum absolute atomic E-state index is 0.177. The van der Waals surface area contributed by atoms with Crippen molar-refractivity contribution in [2.24, 2.45) is 5.92 Å². The van der Waals surface area contributed by atoms with Crippen LogP contribution in [0.2, 0.25) is 0 Å². The highest BCUT2D eigenvalue weighted by atomic mass is 16.5. The summed E-state index contributed by atoms with van der Waals surface area (Å²) in [4.78, 5) is 23.3. The molecule has 0 fully saturated rings. The molecule has 0 aromatic heterocycles. The number of aliphatic carboxylic acids is 1. The van der Waals surface area contributed by atoms with E-state index < -0.39 is 18.0 Å². The van der Waals surface area contributed by atoms with Gasteiger partial charge < -0.3 is 20.5 Å². The molecule has 0 bridgehead atoms. The van der Waals surface area contributed by atoms with Crippen LogP contribution in [0.4, 0.5) is 4.79 Å². The van der Waals surface area contributed by atoms with Crippen LogP contribution >= 0.6 is 0 Å². The van der Waals surface area contributed by atoms with E-state index in [1.54, 1.807) is 37.4 Å². The van der Waals surface area contributed by atoms with Crippen molar-refractivity contribution in [1.29, 1.82) is 0 Å². The lowest BCUT2D eigenvalue weighted by atomic mass is 10.1. The van der Waals surface area contributed by atoms with Gasteiger partial charge in [0, 0.05) is 7.11 Å². The van der Waals surface area contributed by atoms with Gasteiger partial charge in [-0.05, 0) is 11.5 Å². The summed E-state index contributed by atoms with van der Waals surface area (Å²) < 4.78 is 5.04. The zero-order valence-electron chi connectivity index (χ0n) is 12.5. The van der Waals surface area contributed by atoms with E-state index in [9.17, 15) is 14.7 Å². The fraction of sp³-hybridized carbons (Fsp3) is 0.467. The number of nitrogens with one attached hydrogen (secondary N) is 2. The molecular formula is C15H22N2O4. The highest BCUT2D eigenvalue weighted by molar-refractivity contribution is 5.83. The largest absolute Gasteiger partial charge is 0.479 e. The maximum Gasteiger partial charge on any atom is 0.330 e. The van der Waals surface area contributed by atoms with Crippen molar-refractivity contribution < 1.29 is 19.4 Å². The van der Waals surface area contributed by atoms with Gasteiger partial charge in [0.15, 0.2) is 6.04 Å². The van der Waals surface area contributed by atoms with Gasteiger partial charge in [0.25, 0.3) is 0 Å². The second-order valence-corrected chi connectivity index (χ2v) is 5.11. The van der Waals surface area contributed by atoms with Gasteiger partial charge in [-0.2, -0.15) is 0 Å². The molecule has 116 valence electrons. The molecule has 1 rings (SSSR count). The van der Waals surface area contributed by atoms with E-state index in [2.05, 4.69) is 10.6 Å². The molecule has 1 unspecified atom stereocenters. The maximum atomic E-state index is 12.0. The van der Waals surface area contributed by atoms with Crippen molar-refractivity contribution in [2.45, 2.75) is 25.9 Å². The molecular weight excluding hydrogens is 272 g/mol. The Balaban J connectivity index is 2.71. The van der Waals surface area contributed by atoms with Crippen molar-refractivity contribution in [3.8, 4) is 0 Å². The number of rotatable bonds is 7. The quantitative estimate of drug-likeness (QED) is 0.715. The Morgan fingerprint density at radius 1 is 1.19 bits per heavy atom.